The van der Waals surface area contributed by atoms with Gasteiger partial charge in [0.15, 0.2) is 0 Å². The molecule has 5 rings (SSSR count). The molecule has 0 unspecified atom stereocenters. The molecule has 1 saturated heterocycles. The molecule has 2 N–H and O–H groups in total. The number of alkyl halides is 2. The Morgan fingerprint density at radius 1 is 1.16 bits per heavy atom. The maximum atomic E-state index is 14.7. The van der Waals surface area contributed by atoms with Crippen molar-refractivity contribution in [1.29, 1.82) is 0 Å². The summed E-state index contributed by atoms with van der Waals surface area (Å²) in [6.45, 7) is 7.26. The molecule has 196 valence electrons. The fourth-order valence-corrected chi connectivity index (χ4v) is 4.53. The van der Waals surface area contributed by atoms with Crippen LogP contribution in [-0.2, 0) is 17.3 Å². The van der Waals surface area contributed by atoms with Crippen LogP contribution in [0.25, 0.3) is 0 Å². The highest BCUT2D eigenvalue weighted by molar-refractivity contribution is 6.04. The van der Waals surface area contributed by atoms with Crippen molar-refractivity contribution >= 4 is 30.0 Å². The molecule has 1 amide bonds. The molecule has 1 aromatic carbocycles. The predicted molar refractivity (Wildman–Crippen MR) is 143 cm³/mol. The molecule has 0 bridgehead atoms. The first-order chi connectivity index (χ1) is 18.5. The van der Waals surface area contributed by atoms with Crippen molar-refractivity contribution in [2.24, 2.45) is 9.98 Å². The Balaban J connectivity index is 1.41. The first kappa shape index (κ1) is 25.6. The lowest BCUT2D eigenvalue weighted by atomic mass is 10.0. The summed E-state index contributed by atoms with van der Waals surface area (Å²) in [6.07, 6.45) is 7.28. The van der Waals surface area contributed by atoms with Crippen LogP contribution < -0.4 is 10.6 Å². The largest absolute Gasteiger partial charge is 0.354 e. The normalized spacial score (nSPS) is 16.3. The van der Waals surface area contributed by atoms with Crippen LogP contribution in [0.4, 0.5) is 20.3 Å². The number of hydrogen-bond donors (Lipinski definition) is 2. The average molecular weight is 518 g/mol. The molecule has 38 heavy (non-hydrogen) atoms. The average Bonchev–Trinajstić information content (AvgIpc) is 3.80. The number of piperazine rings is 1. The lowest BCUT2D eigenvalue weighted by Gasteiger charge is -2.32. The second kappa shape index (κ2) is 11.1. The minimum atomic E-state index is -3.69. The third-order valence-corrected chi connectivity index (χ3v) is 6.68. The van der Waals surface area contributed by atoms with Crippen molar-refractivity contribution in [2.45, 2.75) is 31.2 Å². The van der Waals surface area contributed by atoms with Crippen molar-refractivity contribution in [3.8, 4) is 0 Å². The van der Waals surface area contributed by atoms with Gasteiger partial charge in [-0.2, -0.15) is 8.78 Å². The number of carbonyl (C=O) groups excluding carboxylic acids is 1. The summed E-state index contributed by atoms with van der Waals surface area (Å²) in [5.74, 6) is -3.84. The standard InChI is InChI=1S/C28H29F2N7O/c1-31-23-18-33-17-22(20-7-8-20)25(23)26(37-13-11-32-12-14-37)35-16-19-9-10-34-24(15-19)36-27(38)28(29,30)21-5-3-2-4-6-21/h2-6,9-10,15,17-18,20,32H,1,7-8,11-14,16H2,(H,34,36,38). The van der Waals surface area contributed by atoms with Crippen molar-refractivity contribution in [2.75, 3.05) is 31.5 Å². The van der Waals surface area contributed by atoms with Gasteiger partial charge in [0.05, 0.1) is 18.4 Å². The highest BCUT2D eigenvalue weighted by atomic mass is 19.3. The third-order valence-electron chi connectivity index (χ3n) is 6.68. The number of nitrogens with one attached hydrogen (secondary N) is 2. The van der Waals surface area contributed by atoms with Crippen molar-refractivity contribution in [3.63, 3.8) is 0 Å². The zero-order chi connectivity index (χ0) is 26.5. The van der Waals surface area contributed by atoms with Crippen LogP contribution in [0, 0.1) is 0 Å². The molecule has 10 heteroatoms. The zero-order valence-electron chi connectivity index (χ0n) is 20.9. The molecule has 0 spiro atoms. The number of nitrogens with zero attached hydrogens (tertiary/aromatic N) is 5. The topological polar surface area (TPSA) is 94.9 Å². The first-order valence-electron chi connectivity index (χ1n) is 12.6. The molecule has 2 aromatic heterocycles. The lowest BCUT2D eigenvalue weighted by molar-refractivity contribution is -0.140. The predicted octanol–water partition coefficient (Wildman–Crippen LogP) is 4.27. The van der Waals surface area contributed by atoms with Gasteiger partial charge in [-0.05, 0) is 48.7 Å². The number of hydrogen-bond acceptors (Lipinski definition) is 6. The Labute approximate surface area is 219 Å². The van der Waals surface area contributed by atoms with E-state index in [0.29, 0.717) is 11.6 Å². The van der Waals surface area contributed by atoms with Crippen LogP contribution >= 0.6 is 0 Å². The molecule has 1 aliphatic carbocycles. The Kier molecular flexibility index (Phi) is 7.50. The second-order valence-electron chi connectivity index (χ2n) is 9.38. The molecular formula is C28H29F2N7O. The molecule has 1 aliphatic heterocycles. The van der Waals surface area contributed by atoms with Gasteiger partial charge in [-0.1, -0.05) is 30.3 Å². The van der Waals surface area contributed by atoms with E-state index in [1.54, 1.807) is 24.4 Å². The maximum absolute atomic E-state index is 14.7. The van der Waals surface area contributed by atoms with Gasteiger partial charge in [-0.25, -0.2) is 4.98 Å². The Morgan fingerprint density at radius 2 is 1.92 bits per heavy atom. The monoisotopic (exact) mass is 517 g/mol. The molecule has 2 aliphatic rings. The van der Waals surface area contributed by atoms with Gasteiger partial charge in [-0.3, -0.25) is 19.8 Å². The van der Waals surface area contributed by atoms with Crippen LogP contribution in [0.3, 0.4) is 0 Å². The number of carbonyl (C=O) groups is 1. The van der Waals surface area contributed by atoms with E-state index >= 15 is 0 Å². The Bertz CT molecular complexity index is 1340. The summed E-state index contributed by atoms with van der Waals surface area (Å²) in [7, 11) is 0. The van der Waals surface area contributed by atoms with Gasteiger partial charge in [0.2, 0.25) is 0 Å². The van der Waals surface area contributed by atoms with Crippen LogP contribution in [0.15, 0.2) is 71.0 Å². The van der Waals surface area contributed by atoms with E-state index in [4.69, 9.17) is 4.99 Å². The summed E-state index contributed by atoms with van der Waals surface area (Å²) in [6, 6.07) is 10.3. The summed E-state index contributed by atoms with van der Waals surface area (Å²) >= 11 is 0. The quantitative estimate of drug-likeness (QED) is 0.344. The lowest BCUT2D eigenvalue weighted by Crippen LogP contribution is -2.47. The Hall–Kier alpha value is -4.05. The number of rotatable bonds is 8. The smallest absolute Gasteiger partial charge is 0.350 e. The van der Waals surface area contributed by atoms with E-state index in [1.165, 1.54) is 30.5 Å². The van der Waals surface area contributed by atoms with Crippen LogP contribution in [0.5, 0.6) is 0 Å². The maximum Gasteiger partial charge on any atom is 0.350 e. The van der Waals surface area contributed by atoms with Crippen molar-refractivity contribution in [3.05, 3.63) is 83.3 Å². The zero-order valence-corrected chi connectivity index (χ0v) is 20.9. The van der Waals surface area contributed by atoms with Gasteiger partial charge < -0.3 is 15.5 Å². The van der Waals surface area contributed by atoms with Crippen LogP contribution in [-0.4, -0.2) is 59.5 Å². The molecular weight excluding hydrogens is 488 g/mol. The number of benzene rings is 1. The van der Waals surface area contributed by atoms with E-state index in [-0.39, 0.29) is 17.9 Å². The number of amidine groups is 1. The molecule has 1 saturated carbocycles. The molecule has 3 aromatic rings. The molecule has 2 fully saturated rings. The number of halogens is 2. The summed E-state index contributed by atoms with van der Waals surface area (Å²) < 4.78 is 29.3. The number of aliphatic imine (C=N–C) groups is 2. The molecule has 0 atom stereocenters. The molecule has 8 nitrogen and oxygen atoms in total. The highest BCUT2D eigenvalue weighted by Crippen LogP contribution is 2.43. The number of aromatic nitrogens is 2. The van der Waals surface area contributed by atoms with Crippen molar-refractivity contribution in [1.82, 2.24) is 20.2 Å². The van der Waals surface area contributed by atoms with Gasteiger partial charge in [0.1, 0.15) is 11.7 Å². The van der Waals surface area contributed by atoms with E-state index in [0.717, 1.165) is 61.5 Å². The van der Waals surface area contributed by atoms with E-state index in [1.807, 2.05) is 6.20 Å². The highest BCUT2D eigenvalue weighted by Gasteiger charge is 2.41. The minimum absolute atomic E-state index is 0.0399. The van der Waals surface area contributed by atoms with Crippen LogP contribution in [0.2, 0.25) is 0 Å². The SMILES string of the molecule is C=Nc1cncc(C2CC2)c1C(=NCc1ccnc(NC(=O)C(F)(F)c2ccccc2)c1)N1CCNCC1. The Morgan fingerprint density at radius 3 is 2.63 bits per heavy atom. The van der Waals surface area contributed by atoms with E-state index < -0.39 is 11.8 Å². The first-order valence-corrected chi connectivity index (χ1v) is 12.6. The summed E-state index contributed by atoms with van der Waals surface area (Å²) in [5, 5.41) is 5.62. The van der Waals surface area contributed by atoms with E-state index in [2.05, 4.69) is 37.2 Å². The third kappa shape index (κ3) is 5.60. The molecule has 3 heterocycles. The van der Waals surface area contributed by atoms with E-state index in [9.17, 15) is 13.6 Å². The van der Waals surface area contributed by atoms with Gasteiger partial charge in [0, 0.05) is 49.7 Å². The summed E-state index contributed by atoms with van der Waals surface area (Å²) in [4.78, 5) is 32.3. The van der Waals surface area contributed by atoms with Gasteiger partial charge in [-0.15, -0.1) is 0 Å². The van der Waals surface area contributed by atoms with Gasteiger partial charge >= 0.3 is 11.8 Å². The summed E-state index contributed by atoms with van der Waals surface area (Å²) in [5.41, 5.74) is 3.11. The number of amides is 1. The fourth-order valence-electron chi connectivity index (χ4n) is 4.53. The van der Waals surface area contributed by atoms with Gasteiger partial charge in [0.25, 0.3) is 0 Å². The fraction of sp³-hybridized carbons (Fsp3) is 0.321. The second-order valence-corrected chi connectivity index (χ2v) is 9.38. The minimum Gasteiger partial charge on any atom is -0.354 e. The van der Waals surface area contributed by atoms with Crippen LogP contribution in [0.1, 0.15) is 41.0 Å². The van der Waals surface area contributed by atoms with Crippen molar-refractivity contribution < 1.29 is 13.6 Å². The molecule has 0 radical (unpaired) electrons. The number of pyridine rings is 2. The number of anilines is 1.